The molecule has 0 amide bonds. The first-order valence-corrected chi connectivity index (χ1v) is 8.06. The zero-order valence-corrected chi connectivity index (χ0v) is 13.4. The Balaban J connectivity index is 1.96. The Morgan fingerprint density at radius 1 is 1.29 bits per heavy atom. The summed E-state index contributed by atoms with van der Waals surface area (Å²) in [6.07, 6.45) is 2.98. The van der Waals surface area contributed by atoms with Gasteiger partial charge in [0.05, 0.1) is 18.5 Å². The molecule has 3 aromatic rings. The van der Waals surface area contributed by atoms with E-state index in [4.69, 9.17) is 9.72 Å². The van der Waals surface area contributed by atoms with Crippen LogP contribution in [0.5, 0.6) is 5.75 Å². The number of ether oxygens (including phenoxy) is 1. The average molecular weight is 301 g/mol. The lowest BCUT2D eigenvalue weighted by atomic mass is 10.1. The minimum atomic E-state index is 0.610. The number of imidazole rings is 1. The van der Waals surface area contributed by atoms with Crippen molar-refractivity contribution in [3.8, 4) is 17.0 Å². The molecule has 4 nitrogen and oxygen atoms in total. The van der Waals surface area contributed by atoms with Gasteiger partial charge in [0.2, 0.25) is 4.96 Å². The van der Waals surface area contributed by atoms with Gasteiger partial charge in [-0.2, -0.15) is 5.10 Å². The van der Waals surface area contributed by atoms with Crippen LogP contribution in [0.25, 0.3) is 16.2 Å². The zero-order chi connectivity index (χ0) is 14.8. The van der Waals surface area contributed by atoms with E-state index in [0.717, 1.165) is 33.4 Å². The van der Waals surface area contributed by atoms with Crippen LogP contribution in [-0.2, 0) is 6.42 Å². The topological polar surface area (TPSA) is 39.4 Å². The maximum atomic E-state index is 5.67. The fourth-order valence-corrected chi connectivity index (χ4v) is 3.35. The van der Waals surface area contributed by atoms with E-state index in [1.165, 1.54) is 0 Å². The third-order valence-corrected chi connectivity index (χ3v) is 4.08. The van der Waals surface area contributed by atoms with Crippen LogP contribution in [0.15, 0.2) is 30.5 Å². The minimum Gasteiger partial charge on any atom is -0.493 e. The number of hydrogen-bond acceptors (Lipinski definition) is 4. The molecule has 0 fully saturated rings. The number of benzene rings is 1. The van der Waals surface area contributed by atoms with Crippen LogP contribution < -0.4 is 4.74 Å². The van der Waals surface area contributed by atoms with E-state index in [2.05, 4.69) is 18.9 Å². The maximum Gasteiger partial charge on any atom is 0.212 e. The molecule has 1 aromatic carbocycles. The molecule has 0 atom stereocenters. The van der Waals surface area contributed by atoms with E-state index in [9.17, 15) is 0 Å². The average Bonchev–Trinajstić information content (AvgIpc) is 2.97. The highest BCUT2D eigenvalue weighted by Gasteiger charge is 2.13. The molecule has 2 heterocycles. The van der Waals surface area contributed by atoms with Crippen molar-refractivity contribution in [1.82, 2.24) is 14.6 Å². The molecule has 3 rings (SSSR count). The van der Waals surface area contributed by atoms with Crippen LogP contribution >= 0.6 is 11.3 Å². The minimum absolute atomic E-state index is 0.610. The van der Waals surface area contributed by atoms with E-state index in [1.54, 1.807) is 11.3 Å². The molecular formula is C16H19N3OS. The van der Waals surface area contributed by atoms with Gasteiger partial charge in [-0.25, -0.2) is 9.50 Å². The summed E-state index contributed by atoms with van der Waals surface area (Å²) in [5, 5.41) is 5.74. The van der Waals surface area contributed by atoms with Crippen molar-refractivity contribution >= 4 is 16.3 Å². The van der Waals surface area contributed by atoms with Crippen LogP contribution in [0.4, 0.5) is 0 Å². The second-order valence-electron chi connectivity index (χ2n) is 5.38. The quantitative estimate of drug-likeness (QED) is 0.713. The van der Waals surface area contributed by atoms with Crippen molar-refractivity contribution in [2.75, 3.05) is 6.61 Å². The van der Waals surface area contributed by atoms with E-state index < -0.39 is 0 Å². The summed E-state index contributed by atoms with van der Waals surface area (Å²) in [5.41, 5.74) is 1.93. The lowest BCUT2D eigenvalue weighted by Gasteiger charge is -2.07. The molecule has 0 saturated carbocycles. The lowest BCUT2D eigenvalue weighted by Crippen LogP contribution is -1.95. The molecule has 0 aliphatic carbocycles. The predicted octanol–water partition coefficient (Wildman–Crippen LogP) is 4.06. The summed E-state index contributed by atoms with van der Waals surface area (Å²) >= 11 is 1.66. The molecule has 0 N–H and O–H groups in total. The van der Waals surface area contributed by atoms with Gasteiger partial charge >= 0.3 is 0 Å². The summed E-state index contributed by atoms with van der Waals surface area (Å²) in [6.45, 7) is 7.04. The first-order chi connectivity index (χ1) is 10.2. The van der Waals surface area contributed by atoms with Crippen LogP contribution in [0, 0.1) is 5.92 Å². The molecular weight excluding hydrogens is 282 g/mol. The first kappa shape index (κ1) is 14.1. The van der Waals surface area contributed by atoms with Gasteiger partial charge in [0.1, 0.15) is 10.8 Å². The molecule has 21 heavy (non-hydrogen) atoms. The maximum absolute atomic E-state index is 5.67. The van der Waals surface area contributed by atoms with Crippen LogP contribution in [0.1, 0.15) is 25.8 Å². The Morgan fingerprint density at radius 3 is 2.81 bits per heavy atom. The molecule has 0 bridgehead atoms. The van der Waals surface area contributed by atoms with Gasteiger partial charge in [-0.15, -0.1) is 0 Å². The highest BCUT2D eigenvalue weighted by molar-refractivity contribution is 7.16. The predicted molar refractivity (Wildman–Crippen MR) is 86.0 cm³/mol. The first-order valence-electron chi connectivity index (χ1n) is 7.24. The molecule has 0 unspecified atom stereocenters. The summed E-state index contributed by atoms with van der Waals surface area (Å²) in [6, 6.07) is 7.99. The van der Waals surface area contributed by atoms with E-state index in [-0.39, 0.29) is 0 Å². The van der Waals surface area contributed by atoms with Crippen molar-refractivity contribution < 1.29 is 4.74 Å². The van der Waals surface area contributed by atoms with Crippen molar-refractivity contribution in [3.63, 3.8) is 0 Å². The fraction of sp³-hybridized carbons (Fsp3) is 0.375. The van der Waals surface area contributed by atoms with Crippen molar-refractivity contribution in [2.24, 2.45) is 5.92 Å². The third kappa shape index (κ3) is 2.93. The standard InChI is InChI=1S/C16H19N3OS/c1-4-20-14-8-6-5-7-12(14)13-10-19-16(17-13)21-15(18-19)9-11(2)3/h5-8,10-11H,4,9H2,1-3H3. The Morgan fingerprint density at radius 2 is 2.10 bits per heavy atom. The number of rotatable bonds is 5. The van der Waals surface area contributed by atoms with Gasteiger partial charge in [-0.3, -0.25) is 0 Å². The van der Waals surface area contributed by atoms with Crippen molar-refractivity contribution in [3.05, 3.63) is 35.5 Å². The Kier molecular flexibility index (Phi) is 3.92. The number of fused-ring (bicyclic) bond motifs is 1. The summed E-state index contributed by atoms with van der Waals surface area (Å²) < 4.78 is 7.55. The van der Waals surface area contributed by atoms with Gasteiger partial charge in [-0.05, 0) is 25.0 Å². The van der Waals surface area contributed by atoms with Crippen molar-refractivity contribution in [2.45, 2.75) is 27.2 Å². The SMILES string of the molecule is CCOc1ccccc1-c1cn2nc(CC(C)C)sc2n1. The van der Waals surface area contributed by atoms with Gasteiger partial charge < -0.3 is 4.74 Å². The highest BCUT2D eigenvalue weighted by Crippen LogP contribution is 2.30. The molecule has 0 aliphatic heterocycles. The van der Waals surface area contributed by atoms with Crippen molar-refractivity contribution in [1.29, 1.82) is 0 Å². The van der Waals surface area contributed by atoms with Gasteiger partial charge in [0.15, 0.2) is 0 Å². The lowest BCUT2D eigenvalue weighted by molar-refractivity contribution is 0.341. The van der Waals surface area contributed by atoms with Gasteiger partial charge in [0.25, 0.3) is 0 Å². The number of hydrogen-bond donors (Lipinski definition) is 0. The molecule has 110 valence electrons. The monoisotopic (exact) mass is 301 g/mol. The number of para-hydroxylation sites is 1. The smallest absolute Gasteiger partial charge is 0.212 e. The number of nitrogens with zero attached hydrogens (tertiary/aromatic N) is 3. The summed E-state index contributed by atoms with van der Waals surface area (Å²) in [5.74, 6) is 1.48. The number of aromatic nitrogens is 3. The van der Waals surface area contributed by atoms with Gasteiger partial charge in [-0.1, -0.05) is 37.3 Å². The van der Waals surface area contributed by atoms with Gasteiger partial charge in [0, 0.05) is 12.0 Å². The Hall–Kier alpha value is -1.88. The molecule has 0 aliphatic rings. The zero-order valence-electron chi connectivity index (χ0n) is 12.5. The van der Waals surface area contributed by atoms with Crippen LogP contribution in [0.2, 0.25) is 0 Å². The second kappa shape index (κ2) is 5.85. The van der Waals surface area contributed by atoms with E-state index >= 15 is 0 Å². The normalized spacial score (nSPS) is 11.4. The third-order valence-electron chi connectivity index (χ3n) is 3.13. The molecule has 2 aromatic heterocycles. The molecule has 0 radical (unpaired) electrons. The molecule has 0 spiro atoms. The van der Waals surface area contributed by atoms with E-state index in [0.29, 0.717) is 12.5 Å². The molecule has 0 saturated heterocycles. The second-order valence-corrected chi connectivity index (χ2v) is 6.42. The highest BCUT2D eigenvalue weighted by atomic mass is 32.1. The van der Waals surface area contributed by atoms with Crippen LogP contribution in [0.3, 0.4) is 0 Å². The van der Waals surface area contributed by atoms with E-state index in [1.807, 2.05) is 41.9 Å². The largest absolute Gasteiger partial charge is 0.493 e. The van der Waals surface area contributed by atoms with Crippen LogP contribution in [-0.4, -0.2) is 21.2 Å². The summed E-state index contributed by atoms with van der Waals surface area (Å²) in [7, 11) is 0. The summed E-state index contributed by atoms with van der Waals surface area (Å²) in [4.78, 5) is 5.63. The fourth-order valence-electron chi connectivity index (χ4n) is 2.26. The Labute approximate surface area is 128 Å². The molecule has 5 heteroatoms. The Bertz CT molecular complexity index is 713.